The molecular formula is C19H30O4. The summed E-state index contributed by atoms with van der Waals surface area (Å²) in [6, 6.07) is 0. The van der Waals surface area contributed by atoms with Crippen LogP contribution < -0.4 is 0 Å². The van der Waals surface area contributed by atoms with Crippen LogP contribution in [0.5, 0.6) is 0 Å². The van der Waals surface area contributed by atoms with Crippen molar-refractivity contribution >= 4 is 11.9 Å². The van der Waals surface area contributed by atoms with Crippen LogP contribution in [0.25, 0.3) is 0 Å². The highest BCUT2D eigenvalue weighted by molar-refractivity contribution is 5.72. The normalized spacial score (nSPS) is 11.3. The van der Waals surface area contributed by atoms with Gasteiger partial charge in [0.15, 0.2) is 6.10 Å². The standard InChI is InChI=1S/C19H30O4/c1-6-7-13-22-18(20)9-8-10-19(21)23-17(14-16(4)5)12-11-15(2)3/h16-17H,2,6-10,13-14H2,1,3-5H3. The molecule has 0 spiro atoms. The molecule has 23 heavy (non-hydrogen) atoms. The van der Waals surface area contributed by atoms with E-state index in [0.29, 0.717) is 25.4 Å². The number of hydrogen-bond acceptors (Lipinski definition) is 4. The summed E-state index contributed by atoms with van der Waals surface area (Å²) in [4.78, 5) is 23.3. The third kappa shape index (κ3) is 13.6. The molecule has 0 saturated heterocycles. The fraction of sp³-hybridized carbons (Fsp3) is 0.684. The Kier molecular flexibility index (Phi) is 11.8. The second-order valence-corrected chi connectivity index (χ2v) is 6.09. The summed E-state index contributed by atoms with van der Waals surface area (Å²) in [6.07, 6.45) is 3.00. The molecule has 0 aromatic rings. The lowest BCUT2D eigenvalue weighted by Gasteiger charge is -2.14. The van der Waals surface area contributed by atoms with Crippen LogP contribution in [0.2, 0.25) is 0 Å². The molecule has 4 nitrogen and oxygen atoms in total. The predicted molar refractivity (Wildman–Crippen MR) is 91.6 cm³/mol. The van der Waals surface area contributed by atoms with E-state index in [1.54, 1.807) is 0 Å². The molecule has 0 heterocycles. The van der Waals surface area contributed by atoms with Crippen molar-refractivity contribution in [3.05, 3.63) is 12.2 Å². The summed E-state index contributed by atoms with van der Waals surface area (Å²) in [7, 11) is 0. The zero-order valence-electron chi connectivity index (χ0n) is 14.9. The molecular weight excluding hydrogens is 292 g/mol. The molecule has 1 atom stereocenters. The van der Waals surface area contributed by atoms with Crippen LogP contribution in [0.1, 0.15) is 66.2 Å². The average molecular weight is 322 g/mol. The lowest BCUT2D eigenvalue weighted by Crippen LogP contribution is -2.19. The van der Waals surface area contributed by atoms with Crippen LogP contribution in [0.3, 0.4) is 0 Å². The number of allylic oxidation sites excluding steroid dienone is 1. The highest BCUT2D eigenvalue weighted by Crippen LogP contribution is 2.10. The Labute approximate surface area is 140 Å². The maximum atomic E-state index is 11.9. The van der Waals surface area contributed by atoms with E-state index in [2.05, 4.69) is 32.3 Å². The predicted octanol–water partition coefficient (Wildman–Crippen LogP) is 4.04. The number of rotatable bonds is 10. The van der Waals surface area contributed by atoms with Crippen molar-refractivity contribution in [2.45, 2.75) is 72.3 Å². The number of carbonyl (C=O) groups is 2. The van der Waals surface area contributed by atoms with Gasteiger partial charge in [-0.15, -0.1) is 0 Å². The molecule has 4 heteroatoms. The van der Waals surface area contributed by atoms with Crippen LogP contribution in [0.4, 0.5) is 0 Å². The van der Waals surface area contributed by atoms with E-state index in [9.17, 15) is 9.59 Å². The highest BCUT2D eigenvalue weighted by atomic mass is 16.5. The van der Waals surface area contributed by atoms with Gasteiger partial charge < -0.3 is 9.47 Å². The molecule has 0 fully saturated rings. The molecule has 0 aliphatic carbocycles. The Morgan fingerprint density at radius 1 is 1.13 bits per heavy atom. The van der Waals surface area contributed by atoms with Crippen molar-refractivity contribution in [2.75, 3.05) is 6.61 Å². The number of hydrogen-bond donors (Lipinski definition) is 0. The van der Waals surface area contributed by atoms with Gasteiger partial charge in [0.2, 0.25) is 0 Å². The highest BCUT2D eigenvalue weighted by Gasteiger charge is 2.14. The van der Waals surface area contributed by atoms with Gasteiger partial charge in [0.05, 0.1) is 6.61 Å². The summed E-state index contributed by atoms with van der Waals surface area (Å²) in [5.74, 6) is 5.59. The Morgan fingerprint density at radius 3 is 2.35 bits per heavy atom. The molecule has 1 unspecified atom stereocenters. The summed E-state index contributed by atoms with van der Waals surface area (Å²) in [5.41, 5.74) is 0.740. The minimum atomic E-state index is -0.421. The summed E-state index contributed by atoms with van der Waals surface area (Å²) < 4.78 is 10.4. The van der Waals surface area contributed by atoms with E-state index in [4.69, 9.17) is 9.47 Å². The first-order valence-electron chi connectivity index (χ1n) is 8.37. The zero-order valence-corrected chi connectivity index (χ0v) is 14.9. The fourth-order valence-electron chi connectivity index (χ4n) is 1.77. The van der Waals surface area contributed by atoms with Crippen molar-refractivity contribution < 1.29 is 19.1 Å². The van der Waals surface area contributed by atoms with Crippen LogP contribution in [0.15, 0.2) is 12.2 Å². The van der Waals surface area contributed by atoms with Crippen LogP contribution in [-0.2, 0) is 19.1 Å². The first-order valence-corrected chi connectivity index (χ1v) is 8.37. The average Bonchev–Trinajstić information content (AvgIpc) is 2.44. The summed E-state index contributed by atoms with van der Waals surface area (Å²) >= 11 is 0. The number of esters is 2. The van der Waals surface area contributed by atoms with Gasteiger partial charge in [-0.05, 0) is 37.7 Å². The van der Waals surface area contributed by atoms with Crippen molar-refractivity contribution in [1.29, 1.82) is 0 Å². The second kappa shape index (κ2) is 12.8. The zero-order chi connectivity index (χ0) is 17.7. The SMILES string of the molecule is C=C(C)C#CC(CC(C)C)OC(=O)CCCC(=O)OCCCC. The smallest absolute Gasteiger partial charge is 0.307 e. The van der Waals surface area contributed by atoms with E-state index < -0.39 is 6.10 Å². The molecule has 0 amide bonds. The fourth-order valence-corrected chi connectivity index (χ4v) is 1.77. The molecule has 0 radical (unpaired) electrons. The number of unbranched alkanes of at least 4 members (excludes halogenated alkanes) is 1. The Morgan fingerprint density at radius 2 is 1.78 bits per heavy atom. The van der Waals surface area contributed by atoms with E-state index in [0.717, 1.165) is 18.4 Å². The summed E-state index contributed by atoms with van der Waals surface area (Å²) in [6.45, 7) is 12.1. The molecule has 0 aliphatic heterocycles. The molecule has 0 rings (SSSR count). The first kappa shape index (κ1) is 21.2. The third-order valence-electron chi connectivity index (χ3n) is 2.93. The van der Waals surface area contributed by atoms with Gasteiger partial charge in [0, 0.05) is 12.8 Å². The van der Waals surface area contributed by atoms with Gasteiger partial charge >= 0.3 is 11.9 Å². The lowest BCUT2D eigenvalue weighted by molar-refractivity contribution is -0.147. The van der Waals surface area contributed by atoms with Crippen molar-refractivity contribution in [2.24, 2.45) is 5.92 Å². The largest absolute Gasteiger partial charge is 0.466 e. The lowest BCUT2D eigenvalue weighted by atomic mass is 10.1. The van der Waals surface area contributed by atoms with Crippen LogP contribution >= 0.6 is 0 Å². The van der Waals surface area contributed by atoms with Crippen LogP contribution in [0, 0.1) is 17.8 Å². The van der Waals surface area contributed by atoms with Crippen LogP contribution in [-0.4, -0.2) is 24.6 Å². The molecule has 0 aliphatic rings. The van der Waals surface area contributed by atoms with Gasteiger partial charge in [0.25, 0.3) is 0 Å². The molecule has 0 aromatic carbocycles. The van der Waals surface area contributed by atoms with E-state index in [1.165, 1.54) is 0 Å². The second-order valence-electron chi connectivity index (χ2n) is 6.09. The van der Waals surface area contributed by atoms with Gasteiger partial charge in [0.1, 0.15) is 0 Å². The van der Waals surface area contributed by atoms with E-state index >= 15 is 0 Å². The Hall–Kier alpha value is -1.76. The maximum Gasteiger partial charge on any atom is 0.307 e. The van der Waals surface area contributed by atoms with Gasteiger partial charge in [-0.1, -0.05) is 45.6 Å². The van der Waals surface area contributed by atoms with Crippen molar-refractivity contribution in [1.82, 2.24) is 0 Å². The third-order valence-corrected chi connectivity index (χ3v) is 2.93. The number of carbonyl (C=O) groups excluding carboxylic acids is 2. The molecule has 0 bridgehead atoms. The number of ether oxygens (including phenoxy) is 2. The van der Waals surface area contributed by atoms with Gasteiger partial charge in [-0.25, -0.2) is 0 Å². The Balaban J connectivity index is 4.15. The van der Waals surface area contributed by atoms with Gasteiger partial charge in [-0.3, -0.25) is 9.59 Å². The van der Waals surface area contributed by atoms with Crippen molar-refractivity contribution in [3.63, 3.8) is 0 Å². The Bertz CT molecular complexity index is 440. The van der Waals surface area contributed by atoms with E-state index in [1.807, 2.05) is 13.8 Å². The van der Waals surface area contributed by atoms with E-state index in [-0.39, 0.29) is 24.8 Å². The quantitative estimate of drug-likeness (QED) is 0.346. The van der Waals surface area contributed by atoms with Gasteiger partial charge in [-0.2, -0.15) is 0 Å². The molecule has 0 N–H and O–H groups in total. The molecule has 0 aromatic heterocycles. The minimum Gasteiger partial charge on any atom is -0.466 e. The van der Waals surface area contributed by atoms with Crippen molar-refractivity contribution in [3.8, 4) is 11.8 Å². The first-order chi connectivity index (χ1) is 10.8. The molecule has 130 valence electrons. The molecule has 0 saturated carbocycles. The maximum absolute atomic E-state index is 11.9. The minimum absolute atomic E-state index is 0.201. The topological polar surface area (TPSA) is 52.6 Å². The monoisotopic (exact) mass is 322 g/mol. The summed E-state index contributed by atoms with van der Waals surface area (Å²) in [5, 5.41) is 0.